The number of hydrogen-bond donors (Lipinski definition) is 3. The highest BCUT2D eigenvalue weighted by atomic mass is 127. The van der Waals surface area contributed by atoms with Crippen LogP contribution in [0, 0.1) is 9.49 Å². The van der Waals surface area contributed by atoms with E-state index in [1.165, 1.54) is 0 Å². The van der Waals surface area contributed by atoms with Gasteiger partial charge in [0.1, 0.15) is 0 Å². The van der Waals surface area contributed by atoms with E-state index in [-0.39, 0.29) is 18.0 Å². The molecule has 0 aliphatic heterocycles. The summed E-state index contributed by atoms with van der Waals surface area (Å²) in [7, 11) is 0. The largest absolute Gasteiger partial charge is 0.481 e. The SMILES string of the molecule is O=C(Nc1ccc(I)cc1Cl)NC1CCC(C(=O)O)C1. The molecule has 108 valence electrons. The quantitative estimate of drug-likeness (QED) is 0.672. The Bertz CT molecular complexity index is 538. The van der Waals surface area contributed by atoms with Crippen molar-refractivity contribution >= 4 is 51.9 Å². The molecule has 1 saturated carbocycles. The smallest absolute Gasteiger partial charge is 0.319 e. The Balaban J connectivity index is 1.88. The fourth-order valence-electron chi connectivity index (χ4n) is 2.27. The molecule has 2 unspecified atom stereocenters. The first-order chi connectivity index (χ1) is 9.45. The fourth-order valence-corrected chi connectivity index (χ4v) is 3.17. The zero-order valence-corrected chi connectivity index (χ0v) is 13.4. The van der Waals surface area contributed by atoms with Crippen molar-refractivity contribution in [1.29, 1.82) is 0 Å². The van der Waals surface area contributed by atoms with Crippen LogP contribution in [0.3, 0.4) is 0 Å². The molecule has 0 spiro atoms. The summed E-state index contributed by atoms with van der Waals surface area (Å²) in [6.45, 7) is 0. The highest BCUT2D eigenvalue weighted by Crippen LogP contribution is 2.26. The first-order valence-corrected chi connectivity index (χ1v) is 7.66. The summed E-state index contributed by atoms with van der Waals surface area (Å²) in [6, 6.07) is 4.88. The second-order valence-electron chi connectivity index (χ2n) is 4.77. The summed E-state index contributed by atoms with van der Waals surface area (Å²) in [5, 5.41) is 14.8. The molecule has 1 aliphatic carbocycles. The average molecular weight is 409 g/mol. The Morgan fingerprint density at radius 3 is 2.70 bits per heavy atom. The molecule has 2 atom stereocenters. The van der Waals surface area contributed by atoms with Crippen LogP contribution in [0.5, 0.6) is 0 Å². The summed E-state index contributed by atoms with van der Waals surface area (Å²) >= 11 is 8.17. The summed E-state index contributed by atoms with van der Waals surface area (Å²) in [4.78, 5) is 22.7. The van der Waals surface area contributed by atoms with Gasteiger partial charge in [0.25, 0.3) is 0 Å². The number of carbonyl (C=O) groups is 2. The number of carbonyl (C=O) groups excluding carboxylic acids is 1. The third-order valence-electron chi connectivity index (χ3n) is 3.30. The van der Waals surface area contributed by atoms with Gasteiger partial charge in [0.05, 0.1) is 16.6 Å². The zero-order chi connectivity index (χ0) is 14.7. The average Bonchev–Trinajstić information content (AvgIpc) is 2.81. The van der Waals surface area contributed by atoms with Crippen molar-refractivity contribution in [2.24, 2.45) is 5.92 Å². The van der Waals surface area contributed by atoms with Gasteiger partial charge in [0, 0.05) is 9.61 Å². The molecule has 0 radical (unpaired) electrons. The van der Waals surface area contributed by atoms with E-state index in [4.69, 9.17) is 16.7 Å². The standard InChI is InChI=1S/C13H14ClIN2O3/c14-10-6-8(15)2-4-11(10)17-13(20)16-9-3-1-7(5-9)12(18)19/h2,4,6-7,9H,1,3,5H2,(H,18,19)(H2,16,17,20). The second-order valence-corrected chi connectivity index (χ2v) is 6.42. The normalized spacial score (nSPS) is 21.5. The summed E-state index contributed by atoms with van der Waals surface area (Å²) in [6.07, 6.45) is 1.76. The highest BCUT2D eigenvalue weighted by Gasteiger charge is 2.30. The van der Waals surface area contributed by atoms with Crippen LogP contribution in [0.2, 0.25) is 5.02 Å². The number of carboxylic acid groups (broad SMARTS) is 1. The van der Waals surface area contributed by atoms with Crippen LogP contribution in [0.4, 0.5) is 10.5 Å². The van der Waals surface area contributed by atoms with Crippen LogP contribution < -0.4 is 10.6 Å². The maximum atomic E-state index is 11.9. The Morgan fingerprint density at radius 1 is 1.35 bits per heavy atom. The number of carboxylic acids is 1. The monoisotopic (exact) mass is 408 g/mol. The lowest BCUT2D eigenvalue weighted by atomic mass is 10.1. The Kier molecular flexibility index (Phi) is 5.09. The number of rotatable bonds is 3. The fraction of sp³-hybridized carbons (Fsp3) is 0.385. The maximum absolute atomic E-state index is 11.9. The van der Waals surface area contributed by atoms with Crippen molar-refractivity contribution in [2.75, 3.05) is 5.32 Å². The van der Waals surface area contributed by atoms with E-state index in [1.807, 2.05) is 6.07 Å². The molecule has 7 heteroatoms. The number of urea groups is 1. The topological polar surface area (TPSA) is 78.4 Å². The number of amides is 2. The van der Waals surface area contributed by atoms with Crippen LogP contribution in [0.1, 0.15) is 19.3 Å². The van der Waals surface area contributed by atoms with Gasteiger partial charge in [-0.1, -0.05) is 11.6 Å². The molecule has 1 aromatic carbocycles. The minimum Gasteiger partial charge on any atom is -0.481 e. The van der Waals surface area contributed by atoms with Gasteiger partial charge in [-0.15, -0.1) is 0 Å². The lowest BCUT2D eigenvalue weighted by Gasteiger charge is -2.14. The molecule has 0 heterocycles. The van der Waals surface area contributed by atoms with Crippen molar-refractivity contribution in [2.45, 2.75) is 25.3 Å². The highest BCUT2D eigenvalue weighted by molar-refractivity contribution is 14.1. The molecule has 1 fully saturated rings. The lowest BCUT2D eigenvalue weighted by molar-refractivity contribution is -0.141. The number of nitrogens with one attached hydrogen (secondary N) is 2. The maximum Gasteiger partial charge on any atom is 0.319 e. The lowest BCUT2D eigenvalue weighted by Crippen LogP contribution is -2.36. The molecule has 5 nitrogen and oxygen atoms in total. The number of benzene rings is 1. The number of anilines is 1. The summed E-state index contributed by atoms with van der Waals surface area (Å²) in [5.41, 5.74) is 0.539. The molecule has 1 aromatic rings. The van der Waals surface area contributed by atoms with Crippen LogP contribution in [-0.4, -0.2) is 23.1 Å². The van der Waals surface area contributed by atoms with E-state index in [2.05, 4.69) is 33.2 Å². The van der Waals surface area contributed by atoms with E-state index in [0.29, 0.717) is 30.0 Å². The number of aliphatic carboxylic acids is 1. The Hall–Kier alpha value is -1.02. The predicted octanol–water partition coefficient (Wildman–Crippen LogP) is 3.32. The molecule has 0 aromatic heterocycles. The molecule has 0 bridgehead atoms. The molecular weight excluding hydrogens is 395 g/mol. The van der Waals surface area contributed by atoms with E-state index < -0.39 is 5.97 Å². The van der Waals surface area contributed by atoms with E-state index in [1.54, 1.807) is 12.1 Å². The molecule has 2 rings (SSSR count). The number of hydrogen-bond acceptors (Lipinski definition) is 2. The summed E-state index contributed by atoms with van der Waals surface area (Å²) < 4.78 is 0.985. The molecule has 3 N–H and O–H groups in total. The van der Waals surface area contributed by atoms with Gasteiger partial charge in [0.2, 0.25) is 0 Å². The summed E-state index contributed by atoms with van der Waals surface area (Å²) in [5.74, 6) is -1.16. The molecule has 1 aliphatic rings. The van der Waals surface area contributed by atoms with E-state index in [9.17, 15) is 9.59 Å². The third-order valence-corrected chi connectivity index (χ3v) is 4.28. The van der Waals surface area contributed by atoms with E-state index in [0.717, 1.165) is 3.57 Å². The molecule has 20 heavy (non-hydrogen) atoms. The minimum atomic E-state index is -0.796. The predicted molar refractivity (Wildman–Crippen MR) is 85.1 cm³/mol. The third kappa shape index (κ3) is 3.99. The van der Waals surface area contributed by atoms with Gasteiger partial charge in [-0.2, -0.15) is 0 Å². The van der Waals surface area contributed by atoms with Crippen LogP contribution in [-0.2, 0) is 4.79 Å². The van der Waals surface area contributed by atoms with Gasteiger partial charge in [0.15, 0.2) is 0 Å². The number of halogens is 2. The van der Waals surface area contributed by atoms with Crippen LogP contribution in [0.15, 0.2) is 18.2 Å². The molecule has 2 amide bonds. The van der Waals surface area contributed by atoms with Crippen LogP contribution >= 0.6 is 34.2 Å². The van der Waals surface area contributed by atoms with Gasteiger partial charge >= 0.3 is 12.0 Å². The van der Waals surface area contributed by atoms with E-state index >= 15 is 0 Å². The van der Waals surface area contributed by atoms with Gasteiger partial charge in [-0.25, -0.2) is 4.79 Å². The molecular formula is C13H14ClIN2O3. The van der Waals surface area contributed by atoms with Crippen molar-refractivity contribution < 1.29 is 14.7 Å². The molecule has 0 saturated heterocycles. The van der Waals surface area contributed by atoms with Crippen molar-refractivity contribution in [1.82, 2.24) is 5.32 Å². The van der Waals surface area contributed by atoms with Gasteiger partial charge in [-0.05, 0) is 60.1 Å². The zero-order valence-electron chi connectivity index (χ0n) is 10.5. The van der Waals surface area contributed by atoms with Crippen LogP contribution in [0.25, 0.3) is 0 Å². The minimum absolute atomic E-state index is 0.0984. The Morgan fingerprint density at radius 2 is 2.10 bits per heavy atom. The van der Waals surface area contributed by atoms with Crippen molar-refractivity contribution in [3.63, 3.8) is 0 Å². The van der Waals surface area contributed by atoms with Gasteiger partial charge in [-0.3, -0.25) is 4.79 Å². The second kappa shape index (κ2) is 6.62. The first kappa shape index (κ1) is 15.4. The van der Waals surface area contributed by atoms with Crippen molar-refractivity contribution in [3.05, 3.63) is 26.8 Å². The first-order valence-electron chi connectivity index (χ1n) is 6.21. The van der Waals surface area contributed by atoms with Crippen molar-refractivity contribution in [3.8, 4) is 0 Å². The Labute approximate surface area is 135 Å². The van der Waals surface area contributed by atoms with Gasteiger partial charge < -0.3 is 15.7 Å².